The predicted octanol–water partition coefficient (Wildman–Crippen LogP) is 1.40. The Balaban J connectivity index is 2.11. The fourth-order valence-corrected chi connectivity index (χ4v) is 3.28. The number of aromatic amines is 1. The van der Waals surface area contributed by atoms with E-state index in [1.54, 1.807) is 24.3 Å². The van der Waals surface area contributed by atoms with E-state index in [9.17, 15) is 19.2 Å². The van der Waals surface area contributed by atoms with Crippen LogP contribution in [0.25, 0.3) is 0 Å². The van der Waals surface area contributed by atoms with Crippen LogP contribution in [0.15, 0.2) is 64.2 Å². The number of nitrogens with two attached hydrogens (primary N) is 1. The number of hydrogen-bond acceptors (Lipinski definition) is 7. The molecular formula is C23H24N4O6. The third-order valence-electron chi connectivity index (χ3n) is 4.98. The zero-order valence-corrected chi connectivity index (χ0v) is 18.2. The lowest BCUT2D eigenvalue weighted by Gasteiger charge is -2.25. The number of H-pyrrole nitrogens is 1. The molecule has 0 spiro atoms. The molecule has 1 amide bonds. The van der Waals surface area contributed by atoms with Crippen molar-refractivity contribution < 1.29 is 19.1 Å². The minimum absolute atomic E-state index is 0.0220. The minimum Gasteiger partial charge on any atom is -0.465 e. The fourth-order valence-electron chi connectivity index (χ4n) is 3.28. The molecular weight excluding hydrogens is 428 g/mol. The number of nitrogens with zero attached hydrogens (tertiary/aromatic N) is 2. The number of aromatic nitrogens is 2. The molecule has 0 aliphatic rings. The van der Waals surface area contributed by atoms with Crippen LogP contribution in [0.1, 0.15) is 26.3 Å². The van der Waals surface area contributed by atoms with Crippen LogP contribution < -0.4 is 21.9 Å². The van der Waals surface area contributed by atoms with Crippen LogP contribution in [0.3, 0.4) is 0 Å². The van der Waals surface area contributed by atoms with Crippen molar-refractivity contribution >= 4 is 23.4 Å². The summed E-state index contributed by atoms with van der Waals surface area (Å²) in [6.07, 6.45) is 0. The van der Waals surface area contributed by atoms with Crippen LogP contribution in [0.2, 0.25) is 0 Å². The molecule has 0 atom stereocenters. The first-order valence-electron chi connectivity index (χ1n) is 10.0. The van der Waals surface area contributed by atoms with Crippen molar-refractivity contribution in [2.24, 2.45) is 0 Å². The molecule has 0 saturated carbocycles. The van der Waals surface area contributed by atoms with E-state index in [1.165, 1.54) is 43.4 Å². The Kier molecular flexibility index (Phi) is 7.42. The van der Waals surface area contributed by atoms with Gasteiger partial charge in [-0.15, -0.1) is 0 Å². The molecule has 0 fully saturated rings. The summed E-state index contributed by atoms with van der Waals surface area (Å²) in [5.41, 5.74) is 5.79. The molecule has 0 bridgehead atoms. The van der Waals surface area contributed by atoms with Crippen molar-refractivity contribution in [2.75, 3.05) is 31.5 Å². The van der Waals surface area contributed by atoms with Gasteiger partial charge in [-0.2, -0.15) is 0 Å². The Labute approximate surface area is 189 Å². The van der Waals surface area contributed by atoms with Crippen molar-refractivity contribution in [3.8, 4) is 0 Å². The van der Waals surface area contributed by atoms with Gasteiger partial charge in [0.05, 0.1) is 32.4 Å². The second kappa shape index (κ2) is 10.4. The summed E-state index contributed by atoms with van der Waals surface area (Å²) in [6.45, 7) is 0.289. The van der Waals surface area contributed by atoms with Crippen molar-refractivity contribution in [1.82, 2.24) is 9.55 Å². The average Bonchev–Trinajstić information content (AvgIpc) is 2.83. The average molecular weight is 452 g/mol. The van der Waals surface area contributed by atoms with Crippen LogP contribution in [-0.4, -0.2) is 42.3 Å². The smallest absolute Gasteiger partial charge is 0.337 e. The number of carbonyl (C=O) groups excluding carboxylic acids is 2. The fraction of sp³-hybridized carbons (Fsp3) is 0.217. The third-order valence-corrected chi connectivity index (χ3v) is 4.98. The second-order valence-electron chi connectivity index (χ2n) is 7.08. The first-order valence-corrected chi connectivity index (χ1v) is 10.0. The number of rotatable bonds is 8. The van der Waals surface area contributed by atoms with E-state index < -0.39 is 23.1 Å². The van der Waals surface area contributed by atoms with E-state index in [0.29, 0.717) is 0 Å². The summed E-state index contributed by atoms with van der Waals surface area (Å²) in [5, 5.41) is 0. The van der Waals surface area contributed by atoms with Crippen LogP contribution in [-0.2, 0) is 22.6 Å². The van der Waals surface area contributed by atoms with Crippen molar-refractivity contribution in [3.05, 3.63) is 92.1 Å². The minimum atomic E-state index is -0.790. The summed E-state index contributed by atoms with van der Waals surface area (Å²) >= 11 is 0. The lowest BCUT2D eigenvalue weighted by atomic mass is 10.1. The zero-order chi connectivity index (χ0) is 24.0. The van der Waals surface area contributed by atoms with Gasteiger partial charge in [-0.3, -0.25) is 24.0 Å². The standard InChI is InChI=1S/C23H24N4O6/c1-32-13-12-26-19(24)18(20(28)25-23(26)31)27(14-15-6-4-3-5-7-15)21(29)16-8-10-17(11-9-16)22(30)33-2/h3-11H,12-14,24H2,1-2H3,(H,25,28,31). The maximum Gasteiger partial charge on any atom is 0.337 e. The molecule has 3 N–H and O–H groups in total. The van der Waals surface area contributed by atoms with Gasteiger partial charge in [0.2, 0.25) is 0 Å². The Morgan fingerprint density at radius 2 is 1.64 bits per heavy atom. The highest BCUT2D eigenvalue weighted by atomic mass is 16.5. The molecule has 0 aliphatic carbocycles. The summed E-state index contributed by atoms with van der Waals surface area (Å²) < 4.78 is 10.8. The SMILES string of the molecule is COCCn1c(N)c(N(Cc2ccccc2)C(=O)c2ccc(C(=O)OC)cc2)c(=O)[nH]c1=O. The van der Waals surface area contributed by atoms with Gasteiger partial charge < -0.3 is 15.2 Å². The topological polar surface area (TPSA) is 137 Å². The molecule has 0 unspecified atom stereocenters. The van der Waals surface area contributed by atoms with Crippen LogP contribution in [0.4, 0.5) is 11.5 Å². The molecule has 10 nitrogen and oxygen atoms in total. The van der Waals surface area contributed by atoms with Gasteiger partial charge >= 0.3 is 11.7 Å². The molecule has 172 valence electrons. The summed E-state index contributed by atoms with van der Waals surface area (Å²) in [7, 11) is 2.73. The first-order chi connectivity index (χ1) is 15.9. The van der Waals surface area contributed by atoms with E-state index in [1.807, 2.05) is 6.07 Å². The molecule has 2 aromatic carbocycles. The summed E-state index contributed by atoms with van der Waals surface area (Å²) in [4.78, 5) is 53.7. The molecule has 1 aromatic heterocycles. The second-order valence-corrected chi connectivity index (χ2v) is 7.08. The number of hydrogen-bond donors (Lipinski definition) is 2. The molecule has 0 aliphatic heterocycles. The van der Waals surface area contributed by atoms with E-state index >= 15 is 0 Å². The van der Waals surface area contributed by atoms with Crippen molar-refractivity contribution in [3.63, 3.8) is 0 Å². The van der Waals surface area contributed by atoms with Gasteiger partial charge in [-0.25, -0.2) is 9.59 Å². The van der Waals surface area contributed by atoms with Crippen molar-refractivity contribution in [1.29, 1.82) is 0 Å². The highest BCUT2D eigenvalue weighted by Gasteiger charge is 2.26. The number of ether oxygens (including phenoxy) is 2. The number of esters is 1. The van der Waals surface area contributed by atoms with Gasteiger partial charge in [-0.05, 0) is 29.8 Å². The van der Waals surface area contributed by atoms with E-state index in [0.717, 1.165) is 10.1 Å². The molecule has 33 heavy (non-hydrogen) atoms. The molecule has 3 rings (SSSR count). The largest absolute Gasteiger partial charge is 0.465 e. The Hall–Kier alpha value is -4.18. The maximum atomic E-state index is 13.5. The number of amides is 1. The lowest BCUT2D eigenvalue weighted by molar-refractivity contribution is 0.0600. The maximum absolute atomic E-state index is 13.5. The number of nitrogen functional groups attached to an aromatic ring is 1. The van der Waals surface area contributed by atoms with Gasteiger partial charge in [0.15, 0.2) is 5.69 Å². The van der Waals surface area contributed by atoms with Crippen LogP contribution in [0, 0.1) is 0 Å². The number of methoxy groups -OCH3 is 2. The molecule has 10 heteroatoms. The summed E-state index contributed by atoms with van der Waals surface area (Å²) in [5.74, 6) is -1.23. The highest BCUT2D eigenvalue weighted by Crippen LogP contribution is 2.22. The van der Waals surface area contributed by atoms with Gasteiger partial charge in [0.25, 0.3) is 11.5 Å². The Morgan fingerprint density at radius 3 is 2.24 bits per heavy atom. The number of anilines is 2. The molecule has 1 heterocycles. The Bertz CT molecular complexity index is 1250. The predicted molar refractivity (Wildman–Crippen MR) is 122 cm³/mol. The van der Waals surface area contributed by atoms with E-state index in [-0.39, 0.29) is 42.3 Å². The van der Waals surface area contributed by atoms with E-state index in [2.05, 4.69) is 9.72 Å². The molecule has 0 saturated heterocycles. The van der Waals surface area contributed by atoms with Gasteiger partial charge in [-0.1, -0.05) is 30.3 Å². The number of nitrogens with one attached hydrogen (secondary N) is 1. The quantitative estimate of drug-likeness (QED) is 0.493. The first kappa shape index (κ1) is 23.5. The summed E-state index contributed by atoms with van der Waals surface area (Å²) in [6, 6.07) is 14.8. The number of benzene rings is 2. The Morgan fingerprint density at radius 1 is 1.00 bits per heavy atom. The zero-order valence-electron chi connectivity index (χ0n) is 18.2. The van der Waals surface area contributed by atoms with Gasteiger partial charge in [0, 0.05) is 12.7 Å². The monoisotopic (exact) mass is 452 g/mol. The third kappa shape index (κ3) is 5.18. The molecule has 0 radical (unpaired) electrons. The van der Waals surface area contributed by atoms with E-state index in [4.69, 9.17) is 10.5 Å². The lowest BCUT2D eigenvalue weighted by Crippen LogP contribution is -2.41. The molecule has 3 aromatic rings. The normalized spacial score (nSPS) is 10.6. The van der Waals surface area contributed by atoms with Crippen LogP contribution >= 0.6 is 0 Å². The number of carbonyl (C=O) groups is 2. The highest BCUT2D eigenvalue weighted by molar-refractivity contribution is 6.07. The van der Waals surface area contributed by atoms with Crippen molar-refractivity contribution in [2.45, 2.75) is 13.1 Å². The van der Waals surface area contributed by atoms with Crippen LogP contribution in [0.5, 0.6) is 0 Å². The van der Waals surface area contributed by atoms with Gasteiger partial charge in [0.1, 0.15) is 5.82 Å².